The Kier molecular flexibility index (Phi) is 7.09. The number of aromatic nitrogens is 2. The minimum Gasteiger partial charge on any atom is -0.444 e. The fourth-order valence-corrected chi connectivity index (χ4v) is 4.46. The van der Waals surface area contributed by atoms with E-state index in [-0.39, 0.29) is 18.0 Å². The summed E-state index contributed by atoms with van der Waals surface area (Å²) in [4.78, 5) is 38.9. The number of hydrogen-bond acceptors (Lipinski definition) is 5. The highest BCUT2D eigenvalue weighted by Gasteiger charge is 2.35. The third-order valence-electron chi connectivity index (χ3n) is 5.51. The van der Waals surface area contributed by atoms with Gasteiger partial charge in [0.2, 0.25) is 0 Å². The molecule has 1 aliphatic heterocycles. The van der Waals surface area contributed by atoms with Crippen LogP contribution in [0.5, 0.6) is 0 Å². The van der Waals surface area contributed by atoms with Crippen molar-refractivity contribution in [1.29, 1.82) is 0 Å². The van der Waals surface area contributed by atoms with Crippen LogP contribution in [0.15, 0.2) is 53.3 Å². The SMILES string of the molecule is CC(C)(C)OC(=O)N1CCC[C@@H](N(C(=O)c2ccc(Br)cn2)c2nccc3cc(Cl)ccc23)C1. The Bertz CT molecular complexity index is 1210. The number of amides is 2. The Morgan fingerprint density at radius 2 is 1.97 bits per heavy atom. The number of piperidine rings is 1. The van der Waals surface area contributed by atoms with Gasteiger partial charge in [-0.2, -0.15) is 0 Å². The molecule has 3 aromatic rings. The first-order chi connectivity index (χ1) is 16.1. The zero-order valence-corrected chi connectivity index (χ0v) is 21.6. The van der Waals surface area contributed by atoms with E-state index in [0.717, 1.165) is 21.7 Å². The predicted molar refractivity (Wildman–Crippen MR) is 136 cm³/mol. The Morgan fingerprint density at radius 3 is 2.68 bits per heavy atom. The van der Waals surface area contributed by atoms with Crippen LogP contribution in [0, 0.1) is 0 Å². The molecule has 0 spiro atoms. The number of fused-ring (bicyclic) bond motifs is 1. The van der Waals surface area contributed by atoms with Gasteiger partial charge in [-0.3, -0.25) is 9.69 Å². The molecule has 34 heavy (non-hydrogen) atoms. The zero-order chi connectivity index (χ0) is 24.5. The fourth-order valence-electron chi connectivity index (χ4n) is 4.04. The summed E-state index contributed by atoms with van der Waals surface area (Å²) in [5, 5.41) is 2.27. The van der Waals surface area contributed by atoms with E-state index in [1.165, 1.54) is 0 Å². The molecule has 2 aromatic heterocycles. The lowest BCUT2D eigenvalue weighted by Gasteiger charge is -2.39. The van der Waals surface area contributed by atoms with E-state index in [9.17, 15) is 9.59 Å². The Hall–Kier alpha value is -2.71. The number of hydrogen-bond donors (Lipinski definition) is 0. The van der Waals surface area contributed by atoms with Gasteiger partial charge in [-0.15, -0.1) is 0 Å². The molecule has 0 unspecified atom stereocenters. The van der Waals surface area contributed by atoms with Crippen LogP contribution >= 0.6 is 27.5 Å². The lowest BCUT2D eigenvalue weighted by atomic mass is 10.0. The second-order valence-corrected chi connectivity index (χ2v) is 10.6. The number of halogens is 2. The lowest BCUT2D eigenvalue weighted by Crippen LogP contribution is -2.53. The van der Waals surface area contributed by atoms with Crippen LogP contribution in [-0.4, -0.2) is 51.6 Å². The summed E-state index contributed by atoms with van der Waals surface area (Å²) < 4.78 is 6.37. The summed E-state index contributed by atoms with van der Waals surface area (Å²) in [7, 11) is 0. The van der Waals surface area contributed by atoms with Gasteiger partial charge in [0.05, 0.1) is 6.04 Å². The number of ether oxygens (including phenoxy) is 1. The van der Waals surface area contributed by atoms with Gasteiger partial charge in [0.1, 0.15) is 17.1 Å². The minimum absolute atomic E-state index is 0.279. The van der Waals surface area contributed by atoms with E-state index in [1.807, 2.05) is 39.0 Å². The molecule has 0 bridgehead atoms. The van der Waals surface area contributed by atoms with Crippen molar-refractivity contribution in [2.24, 2.45) is 0 Å². The largest absolute Gasteiger partial charge is 0.444 e. The minimum atomic E-state index is -0.600. The van der Waals surface area contributed by atoms with Crippen molar-refractivity contribution in [3.8, 4) is 0 Å². The van der Waals surface area contributed by atoms with Gasteiger partial charge in [0.25, 0.3) is 5.91 Å². The van der Waals surface area contributed by atoms with Crippen molar-refractivity contribution in [2.45, 2.75) is 45.3 Å². The number of likely N-dealkylation sites (tertiary alicyclic amines) is 1. The molecule has 1 saturated heterocycles. The van der Waals surface area contributed by atoms with Gasteiger partial charge in [0.15, 0.2) is 0 Å². The average molecular weight is 546 g/mol. The summed E-state index contributed by atoms with van der Waals surface area (Å²) in [5.41, 5.74) is -0.303. The van der Waals surface area contributed by atoms with Gasteiger partial charge in [-0.1, -0.05) is 11.6 Å². The van der Waals surface area contributed by atoms with Crippen LogP contribution in [0.2, 0.25) is 5.02 Å². The van der Waals surface area contributed by atoms with E-state index >= 15 is 0 Å². The summed E-state index contributed by atoms with van der Waals surface area (Å²) >= 11 is 9.58. The normalized spacial score (nSPS) is 16.4. The van der Waals surface area contributed by atoms with Crippen LogP contribution in [0.1, 0.15) is 44.1 Å². The van der Waals surface area contributed by atoms with Crippen LogP contribution in [0.4, 0.5) is 10.6 Å². The van der Waals surface area contributed by atoms with Gasteiger partial charge >= 0.3 is 6.09 Å². The molecule has 7 nitrogen and oxygen atoms in total. The standard InChI is InChI=1S/C25H26BrClN4O3/c1-25(2,3)34-24(33)30-12-4-5-19(15-30)31(23(32)21-9-6-17(26)14-29-21)22-20-8-7-18(27)13-16(20)10-11-28-22/h6-11,13-14,19H,4-5,12,15H2,1-3H3/t19-/m1/s1. The van der Waals surface area contributed by atoms with Crippen molar-refractivity contribution >= 4 is 56.1 Å². The van der Waals surface area contributed by atoms with Crippen LogP contribution in [0.3, 0.4) is 0 Å². The topological polar surface area (TPSA) is 75.6 Å². The van der Waals surface area contributed by atoms with E-state index in [2.05, 4.69) is 25.9 Å². The maximum atomic E-state index is 13.8. The number of rotatable bonds is 3. The highest BCUT2D eigenvalue weighted by molar-refractivity contribution is 9.10. The number of benzene rings is 1. The average Bonchev–Trinajstić information content (AvgIpc) is 2.78. The third kappa shape index (κ3) is 5.50. The number of nitrogens with zero attached hydrogens (tertiary/aromatic N) is 4. The molecule has 0 radical (unpaired) electrons. The molecule has 1 aliphatic rings. The number of pyridine rings is 2. The summed E-state index contributed by atoms with van der Waals surface area (Å²) in [5.74, 6) is 0.235. The Morgan fingerprint density at radius 1 is 1.18 bits per heavy atom. The second kappa shape index (κ2) is 9.88. The lowest BCUT2D eigenvalue weighted by molar-refractivity contribution is 0.0196. The smallest absolute Gasteiger partial charge is 0.410 e. The van der Waals surface area contributed by atoms with Gasteiger partial charge in [0, 0.05) is 40.4 Å². The maximum absolute atomic E-state index is 13.8. The van der Waals surface area contributed by atoms with Crippen LogP contribution in [-0.2, 0) is 4.74 Å². The highest BCUT2D eigenvalue weighted by atomic mass is 79.9. The number of carbonyl (C=O) groups is 2. The van der Waals surface area contributed by atoms with E-state index < -0.39 is 5.60 Å². The molecule has 3 heterocycles. The summed E-state index contributed by atoms with van der Waals surface area (Å²) in [6.07, 6.45) is 4.32. The van der Waals surface area contributed by atoms with Crippen molar-refractivity contribution in [3.63, 3.8) is 0 Å². The first-order valence-corrected chi connectivity index (χ1v) is 12.3. The molecule has 1 fully saturated rings. The molecule has 0 saturated carbocycles. The van der Waals surface area contributed by atoms with Gasteiger partial charge in [-0.25, -0.2) is 14.8 Å². The molecule has 0 N–H and O–H groups in total. The molecule has 4 rings (SSSR count). The Balaban J connectivity index is 1.75. The maximum Gasteiger partial charge on any atom is 0.410 e. The molecule has 9 heteroatoms. The number of carbonyl (C=O) groups excluding carboxylic acids is 2. The number of anilines is 1. The first-order valence-electron chi connectivity index (χ1n) is 11.1. The quantitative estimate of drug-likeness (QED) is 0.398. The molecular formula is C25H26BrClN4O3. The Labute approximate surface area is 212 Å². The van der Waals surface area contributed by atoms with Crippen molar-refractivity contribution in [3.05, 3.63) is 64.0 Å². The first kappa shape index (κ1) is 24.4. The van der Waals surface area contributed by atoms with Crippen molar-refractivity contribution < 1.29 is 14.3 Å². The summed E-state index contributed by atoms with van der Waals surface area (Å²) in [6, 6.07) is 10.5. The zero-order valence-electron chi connectivity index (χ0n) is 19.3. The monoisotopic (exact) mass is 544 g/mol. The molecule has 178 valence electrons. The van der Waals surface area contributed by atoms with Crippen molar-refractivity contribution in [1.82, 2.24) is 14.9 Å². The molecule has 1 aromatic carbocycles. The van der Waals surface area contributed by atoms with E-state index in [1.54, 1.807) is 40.4 Å². The van der Waals surface area contributed by atoms with Crippen LogP contribution in [0.25, 0.3) is 10.8 Å². The van der Waals surface area contributed by atoms with E-state index in [0.29, 0.717) is 36.0 Å². The third-order valence-corrected chi connectivity index (χ3v) is 6.22. The molecule has 1 atom stereocenters. The fraction of sp³-hybridized carbons (Fsp3) is 0.360. The van der Waals surface area contributed by atoms with Gasteiger partial charge in [-0.05, 0) is 91.3 Å². The summed E-state index contributed by atoms with van der Waals surface area (Å²) in [6.45, 7) is 6.43. The van der Waals surface area contributed by atoms with Crippen LogP contribution < -0.4 is 4.90 Å². The molecule has 0 aliphatic carbocycles. The molecular weight excluding hydrogens is 520 g/mol. The highest BCUT2D eigenvalue weighted by Crippen LogP contribution is 2.31. The predicted octanol–water partition coefficient (Wildman–Crippen LogP) is 6.09. The van der Waals surface area contributed by atoms with E-state index in [4.69, 9.17) is 16.3 Å². The molecule has 2 amide bonds. The van der Waals surface area contributed by atoms with Gasteiger partial charge < -0.3 is 9.64 Å². The second-order valence-electron chi connectivity index (χ2n) is 9.26. The van der Waals surface area contributed by atoms with Crippen molar-refractivity contribution in [2.75, 3.05) is 18.0 Å².